The van der Waals surface area contributed by atoms with E-state index in [2.05, 4.69) is 0 Å². The molecule has 0 unspecified atom stereocenters. The standard InChI is InChI=1S/C13H11ClO3/c14-7-3-6-10-11(15)8-4-1-2-5-9(8)12(16)13(10)17/h1-2,4-5,15H,3,6-7H2. The summed E-state index contributed by atoms with van der Waals surface area (Å²) >= 11 is 5.55. The fourth-order valence-corrected chi connectivity index (χ4v) is 2.03. The van der Waals surface area contributed by atoms with E-state index in [1.54, 1.807) is 24.3 Å². The van der Waals surface area contributed by atoms with E-state index in [4.69, 9.17) is 11.6 Å². The van der Waals surface area contributed by atoms with Gasteiger partial charge in [0, 0.05) is 22.6 Å². The van der Waals surface area contributed by atoms with Crippen molar-refractivity contribution in [3.63, 3.8) is 0 Å². The zero-order chi connectivity index (χ0) is 12.4. The minimum absolute atomic E-state index is 0.0877. The number of aliphatic hydroxyl groups excluding tert-OH is 1. The molecule has 0 atom stereocenters. The van der Waals surface area contributed by atoms with Crippen LogP contribution in [-0.2, 0) is 4.79 Å². The summed E-state index contributed by atoms with van der Waals surface area (Å²) in [4.78, 5) is 23.6. The van der Waals surface area contributed by atoms with Crippen LogP contribution in [0.3, 0.4) is 0 Å². The smallest absolute Gasteiger partial charge is 0.234 e. The van der Waals surface area contributed by atoms with Crippen molar-refractivity contribution in [2.75, 3.05) is 5.88 Å². The number of rotatable bonds is 3. The Morgan fingerprint density at radius 1 is 1.06 bits per heavy atom. The van der Waals surface area contributed by atoms with Crippen molar-refractivity contribution in [2.24, 2.45) is 0 Å². The molecule has 3 nitrogen and oxygen atoms in total. The molecule has 1 N–H and O–H groups in total. The number of alkyl halides is 1. The normalized spacial score (nSPS) is 15.1. The van der Waals surface area contributed by atoms with Gasteiger partial charge in [-0.2, -0.15) is 0 Å². The van der Waals surface area contributed by atoms with Gasteiger partial charge >= 0.3 is 0 Å². The highest BCUT2D eigenvalue weighted by atomic mass is 35.5. The molecule has 0 heterocycles. The molecule has 0 saturated carbocycles. The Labute approximate surface area is 104 Å². The van der Waals surface area contributed by atoms with Crippen molar-refractivity contribution in [1.29, 1.82) is 0 Å². The fourth-order valence-electron chi connectivity index (χ4n) is 1.89. The predicted octanol–water partition coefficient (Wildman–Crippen LogP) is 2.74. The number of halogens is 1. The van der Waals surface area contributed by atoms with Gasteiger partial charge in [0.15, 0.2) is 0 Å². The van der Waals surface area contributed by atoms with E-state index in [9.17, 15) is 14.7 Å². The molecular formula is C13H11ClO3. The third-order valence-electron chi connectivity index (χ3n) is 2.75. The molecule has 1 aliphatic carbocycles. The summed E-state index contributed by atoms with van der Waals surface area (Å²) < 4.78 is 0. The molecule has 0 aromatic heterocycles. The number of carbonyl (C=O) groups is 2. The first-order chi connectivity index (χ1) is 8.16. The van der Waals surface area contributed by atoms with Crippen LogP contribution in [0.15, 0.2) is 29.8 Å². The Morgan fingerprint density at radius 3 is 2.35 bits per heavy atom. The zero-order valence-electron chi connectivity index (χ0n) is 9.07. The molecule has 0 aliphatic heterocycles. The molecule has 0 saturated heterocycles. The summed E-state index contributed by atoms with van der Waals surface area (Å²) in [5, 5.41) is 10.00. The SMILES string of the molecule is O=C1C(=O)c2ccccc2C(O)=C1CCCCl. The molecule has 0 radical (unpaired) electrons. The molecule has 1 aliphatic rings. The maximum atomic E-state index is 11.8. The minimum atomic E-state index is -0.619. The van der Waals surface area contributed by atoms with Gasteiger partial charge in [0.05, 0.1) is 0 Å². The van der Waals surface area contributed by atoms with Gasteiger partial charge in [-0.1, -0.05) is 24.3 Å². The molecule has 0 bridgehead atoms. The maximum absolute atomic E-state index is 11.8. The number of ketones is 2. The highest BCUT2D eigenvalue weighted by Gasteiger charge is 2.31. The molecule has 4 heteroatoms. The molecule has 88 valence electrons. The summed E-state index contributed by atoms with van der Waals surface area (Å²) in [5.41, 5.74) is 0.876. The second-order valence-electron chi connectivity index (χ2n) is 3.82. The van der Waals surface area contributed by atoms with Crippen LogP contribution in [0.1, 0.15) is 28.8 Å². The first-order valence-corrected chi connectivity index (χ1v) is 5.86. The van der Waals surface area contributed by atoms with E-state index >= 15 is 0 Å². The Hall–Kier alpha value is -1.61. The Balaban J connectivity index is 2.52. The van der Waals surface area contributed by atoms with Crippen LogP contribution in [0.4, 0.5) is 0 Å². The summed E-state index contributed by atoms with van der Waals surface area (Å²) in [6, 6.07) is 6.57. The van der Waals surface area contributed by atoms with E-state index in [1.165, 1.54) is 0 Å². The second-order valence-corrected chi connectivity index (χ2v) is 4.20. The predicted molar refractivity (Wildman–Crippen MR) is 65.3 cm³/mol. The number of Topliss-reactive ketones (excluding diaryl/α,β-unsaturated/α-hetero) is 2. The van der Waals surface area contributed by atoms with Crippen molar-refractivity contribution in [2.45, 2.75) is 12.8 Å². The lowest BCUT2D eigenvalue weighted by atomic mass is 9.87. The van der Waals surface area contributed by atoms with Gasteiger partial charge in [0.25, 0.3) is 0 Å². The van der Waals surface area contributed by atoms with Crippen molar-refractivity contribution in [3.8, 4) is 0 Å². The Morgan fingerprint density at radius 2 is 1.71 bits per heavy atom. The summed E-state index contributed by atoms with van der Waals surface area (Å²) in [5.74, 6) is -0.871. The average Bonchev–Trinajstić information content (AvgIpc) is 2.36. The molecule has 2 rings (SSSR count). The van der Waals surface area contributed by atoms with E-state index in [0.717, 1.165) is 0 Å². The van der Waals surface area contributed by atoms with E-state index in [1.807, 2.05) is 0 Å². The minimum Gasteiger partial charge on any atom is -0.507 e. The fraction of sp³-hybridized carbons (Fsp3) is 0.231. The summed E-state index contributed by atoms with van der Waals surface area (Å²) in [6.07, 6.45) is 0.885. The van der Waals surface area contributed by atoms with Gasteiger partial charge in [-0.15, -0.1) is 11.6 Å². The zero-order valence-corrected chi connectivity index (χ0v) is 9.83. The number of fused-ring (bicyclic) bond motifs is 1. The number of benzene rings is 1. The largest absolute Gasteiger partial charge is 0.507 e. The van der Waals surface area contributed by atoms with E-state index in [-0.39, 0.29) is 16.9 Å². The van der Waals surface area contributed by atoms with Gasteiger partial charge < -0.3 is 5.11 Å². The van der Waals surface area contributed by atoms with Crippen LogP contribution in [0.25, 0.3) is 5.76 Å². The molecule has 0 fully saturated rings. The Bertz CT molecular complexity index is 517. The van der Waals surface area contributed by atoms with E-state index < -0.39 is 11.6 Å². The molecule has 1 aromatic rings. The number of allylic oxidation sites excluding steroid dienone is 1. The highest BCUT2D eigenvalue weighted by Crippen LogP contribution is 2.29. The monoisotopic (exact) mass is 250 g/mol. The van der Waals surface area contributed by atoms with Crippen molar-refractivity contribution in [3.05, 3.63) is 41.0 Å². The third-order valence-corrected chi connectivity index (χ3v) is 3.02. The number of hydrogen-bond donors (Lipinski definition) is 1. The molecular weight excluding hydrogens is 240 g/mol. The maximum Gasteiger partial charge on any atom is 0.234 e. The number of aliphatic hydroxyl groups is 1. The van der Waals surface area contributed by atoms with Crippen molar-refractivity contribution in [1.82, 2.24) is 0 Å². The number of carbonyl (C=O) groups excluding carboxylic acids is 2. The molecule has 0 spiro atoms. The highest BCUT2D eigenvalue weighted by molar-refractivity contribution is 6.52. The van der Waals surface area contributed by atoms with Gasteiger partial charge in [-0.3, -0.25) is 9.59 Å². The van der Waals surface area contributed by atoms with Gasteiger partial charge in [-0.05, 0) is 12.8 Å². The van der Waals surface area contributed by atoms with Crippen LogP contribution in [0.5, 0.6) is 0 Å². The molecule has 17 heavy (non-hydrogen) atoms. The molecule has 1 aromatic carbocycles. The van der Waals surface area contributed by atoms with Gasteiger partial charge in [-0.25, -0.2) is 0 Å². The quantitative estimate of drug-likeness (QED) is 0.663. The topological polar surface area (TPSA) is 54.4 Å². The van der Waals surface area contributed by atoms with Crippen LogP contribution in [0.2, 0.25) is 0 Å². The van der Waals surface area contributed by atoms with Crippen LogP contribution in [-0.4, -0.2) is 22.6 Å². The number of hydrogen-bond acceptors (Lipinski definition) is 3. The van der Waals surface area contributed by atoms with Crippen LogP contribution in [0, 0.1) is 0 Å². The van der Waals surface area contributed by atoms with Crippen molar-refractivity contribution >= 4 is 28.9 Å². The third kappa shape index (κ3) is 1.98. The first-order valence-electron chi connectivity index (χ1n) is 5.33. The van der Waals surface area contributed by atoms with Gasteiger partial charge in [0.1, 0.15) is 5.76 Å². The average molecular weight is 251 g/mol. The van der Waals surface area contributed by atoms with Gasteiger partial charge in [0.2, 0.25) is 11.6 Å². The molecule has 0 amide bonds. The van der Waals surface area contributed by atoms with Crippen LogP contribution >= 0.6 is 11.6 Å². The lowest BCUT2D eigenvalue weighted by Crippen LogP contribution is -2.24. The van der Waals surface area contributed by atoms with Crippen molar-refractivity contribution < 1.29 is 14.7 Å². The van der Waals surface area contributed by atoms with Crippen LogP contribution < -0.4 is 0 Å². The second kappa shape index (κ2) is 4.72. The Kier molecular flexibility index (Phi) is 3.29. The lowest BCUT2D eigenvalue weighted by molar-refractivity contribution is -0.112. The van der Waals surface area contributed by atoms with E-state index in [0.29, 0.717) is 24.3 Å². The summed E-state index contributed by atoms with van der Waals surface area (Å²) in [7, 11) is 0. The summed E-state index contributed by atoms with van der Waals surface area (Å²) in [6.45, 7) is 0. The first kappa shape index (κ1) is 11.9. The lowest BCUT2D eigenvalue weighted by Gasteiger charge is -2.17.